The minimum absolute atomic E-state index is 0.656. The standard InChI is InChI=1S/C14H18N2OS/c1-11-4-2-3-5-13(11)17-9-7-14-16-12(6-8-15)10-18-14/h2-5,10H,6-9,15H2,1H3. The molecule has 2 rings (SSSR count). The van der Waals surface area contributed by atoms with Crippen molar-refractivity contribution in [3.63, 3.8) is 0 Å². The summed E-state index contributed by atoms with van der Waals surface area (Å²) in [6.07, 6.45) is 1.71. The van der Waals surface area contributed by atoms with E-state index in [0.717, 1.165) is 29.3 Å². The SMILES string of the molecule is Cc1ccccc1OCCc1nc(CCN)cs1. The van der Waals surface area contributed by atoms with Gasteiger partial charge in [0.1, 0.15) is 5.75 Å². The third kappa shape index (κ3) is 3.55. The topological polar surface area (TPSA) is 48.1 Å². The van der Waals surface area contributed by atoms with Crippen molar-refractivity contribution in [2.45, 2.75) is 19.8 Å². The quantitative estimate of drug-likeness (QED) is 0.870. The van der Waals surface area contributed by atoms with Crippen LogP contribution in [0.25, 0.3) is 0 Å². The first-order chi connectivity index (χ1) is 8.79. The molecule has 0 fully saturated rings. The largest absolute Gasteiger partial charge is 0.493 e. The molecule has 0 unspecified atom stereocenters. The van der Waals surface area contributed by atoms with Crippen molar-refractivity contribution in [2.75, 3.05) is 13.2 Å². The van der Waals surface area contributed by atoms with Gasteiger partial charge in [-0.25, -0.2) is 4.98 Å². The molecular formula is C14H18N2OS. The Kier molecular flexibility index (Phi) is 4.73. The van der Waals surface area contributed by atoms with Gasteiger partial charge in [0.15, 0.2) is 0 Å². The number of nitrogens with zero attached hydrogens (tertiary/aromatic N) is 1. The Morgan fingerprint density at radius 2 is 2.11 bits per heavy atom. The summed E-state index contributed by atoms with van der Waals surface area (Å²) in [6, 6.07) is 8.06. The van der Waals surface area contributed by atoms with Crippen LogP contribution < -0.4 is 10.5 Å². The Balaban J connectivity index is 1.83. The van der Waals surface area contributed by atoms with Gasteiger partial charge in [-0.15, -0.1) is 11.3 Å². The maximum Gasteiger partial charge on any atom is 0.122 e. The third-order valence-electron chi connectivity index (χ3n) is 2.67. The minimum Gasteiger partial charge on any atom is -0.493 e. The molecule has 1 heterocycles. The van der Waals surface area contributed by atoms with E-state index in [-0.39, 0.29) is 0 Å². The predicted octanol–water partition coefficient (Wildman–Crippen LogP) is 2.57. The molecule has 0 atom stereocenters. The summed E-state index contributed by atoms with van der Waals surface area (Å²) < 4.78 is 5.75. The Hall–Kier alpha value is -1.39. The van der Waals surface area contributed by atoms with Crippen LogP contribution in [0, 0.1) is 6.92 Å². The summed E-state index contributed by atoms with van der Waals surface area (Å²) in [5.74, 6) is 0.955. The van der Waals surface area contributed by atoms with Crippen LogP contribution in [-0.4, -0.2) is 18.1 Å². The average Bonchev–Trinajstić information content (AvgIpc) is 2.80. The fourth-order valence-electron chi connectivity index (χ4n) is 1.69. The van der Waals surface area contributed by atoms with Gasteiger partial charge in [-0.05, 0) is 25.1 Å². The molecule has 0 saturated heterocycles. The highest BCUT2D eigenvalue weighted by atomic mass is 32.1. The van der Waals surface area contributed by atoms with Crippen molar-refractivity contribution in [2.24, 2.45) is 5.73 Å². The van der Waals surface area contributed by atoms with Gasteiger partial charge in [-0.1, -0.05) is 18.2 Å². The molecule has 0 aliphatic carbocycles. The summed E-state index contributed by atoms with van der Waals surface area (Å²) in [5.41, 5.74) is 7.76. The molecule has 0 bridgehead atoms. The summed E-state index contributed by atoms with van der Waals surface area (Å²) in [6.45, 7) is 3.38. The van der Waals surface area contributed by atoms with Gasteiger partial charge in [-0.3, -0.25) is 0 Å². The molecule has 1 aromatic heterocycles. The molecule has 0 aliphatic heterocycles. The van der Waals surface area contributed by atoms with Crippen LogP contribution in [0.4, 0.5) is 0 Å². The van der Waals surface area contributed by atoms with E-state index in [1.165, 1.54) is 5.56 Å². The number of hydrogen-bond donors (Lipinski definition) is 1. The summed E-state index contributed by atoms with van der Waals surface area (Å²) in [4.78, 5) is 4.51. The van der Waals surface area contributed by atoms with E-state index >= 15 is 0 Å². The van der Waals surface area contributed by atoms with Crippen LogP contribution in [0.5, 0.6) is 5.75 Å². The Bertz CT molecular complexity index is 496. The maximum atomic E-state index is 5.75. The Morgan fingerprint density at radius 1 is 1.28 bits per heavy atom. The third-order valence-corrected chi connectivity index (χ3v) is 3.62. The number of aryl methyl sites for hydroxylation is 1. The second-order valence-electron chi connectivity index (χ2n) is 4.14. The number of ether oxygens (including phenoxy) is 1. The van der Waals surface area contributed by atoms with Gasteiger partial charge in [0.05, 0.1) is 17.3 Å². The summed E-state index contributed by atoms with van der Waals surface area (Å²) in [7, 11) is 0. The van der Waals surface area contributed by atoms with Crippen molar-refractivity contribution >= 4 is 11.3 Å². The highest BCUT2D eigenvalue weighted by Gasteiger charge is 2.03. The van der Waals surface area contributed by atoms with Crippen molar-refractivity contribution in [3.05, 3.63) is 45.9 Å². The van der Waals surface area contributed by atoms with Crippen molar-refractivity contribution < 1.29 is 4.74 Å². The van der Waals surface area contributed by atoms with Crippen LogP contribution in [0.1, 0.15) is 16.3 Å². The van der Waals surface area contributed by atoms with Crippen molar-refractivity contribution in [1.82, 2.24) is 4.98 Å². The van der Waals surface area contributed by atoms with E-state index in [1.54, 1.807) is 11.3 Å². The van der Waals surface area contributed by atoms with Crippen molar-refractivity contribution in [1.29, 1.82) is 0 Å². The summed E-state index contributed by atoms with van der Waals surface area (Å²) >= 11 is 1.68. The molecule has 0 amide bonds. The molecule has 18 heavy (non-hydrogen) atoms. The molecule has 2 aromatic rings. The minimum atomic E-state index is 0.656. The second kappa shape index (κ2) is 6.52. The van der Waals surface area contributed by atoms with Crippen LogP contribution in [0.3, 0.4) is 0 Å². The number of rotatable bonds is 6. The van der Waals surface area contributed by atoms with Gasteiger partial charge < -0.3 is 10.5 Å². The Morgan fingerprint density at radius 3 is 2.89 bits per heavy atom. The molecule has 4 heteroatoms. The zero-order valence-electron chi connectivity index (χ0n) is 10.6. The molecule has 3 nitrogen and oxygen atoms in total. The maximum absolute atomic E-state index is 5.75. The van der Waals surface area contributed by atoms with E-state index < -0.39 is 0 Å². The fraction of sp³-hybridized carbons (Fsp3) is 0.357. The van der Waals surface area contributed by atoms with Crippen LogP contribution in [-0.2, 0) is 12.8 Å². The summed E-state index contributed by atoms with van der Waals surface area (Å²) in [5, 5.41) is 3.20. The highest BCUT2D eigenvalue weighted by molar-refractivity contribution is 7.09. The number of benzene rings is 1. The van der Waals surface area contributed by atoms with E-state index in [0.29, 0.717) is 13.2 Å². The van der Waals surface area contributed by atoms with Gasteiger partial charge in [0, 0.05) is 18.2 Å². The zero-order valence-corrected chi connectivity index (χ0v) is 11.4. The van der Waals surface area contributed by atoms with E-state index in [1.807, 2.05) is 18.2 Å². The lowest BCUT2D eigenvalue weighted by atomic mass is 10.2. The number of nitrogens with two attached hydrogens (primary N) is 1. The predicted molar refractivity (Wildman–Crippen MR) is 75.3 cm³/mol. The fourth-order valence-corrected chi connectivity index (χ4v) is 2.51. The first-order valence-corrected chi connectivity index (χ1v) is 6.99. The zero-order chi connectivity index (χ0) is 12.8. The molecule has 96 valence electrons. The normalized spacial score (nSPS) is 10.6. The average molecular weight is 262 g/mol. The molecule has 1 aromatic carbocycles. The lowest BCUT2D eigenvalue weighted by Gasteiger charge is -2.07. The van der Waals surface area contributed by atoms with Gasteiger partial charge in [-0.2, -0.15) is 0 Å². The molecule has 2 N–H and O–H groups in total. The van der Waals surface area contributed by atoms with E-state index in [4.69, 9.17) is 10.5 Å². The van der Waals surface area contributed by atoms with E-state index in [2.05, 4.69) is 23.4 Å². The van der Waals surface area contributed by atoms with Crippen molar-refractivity contribution in [3.8, 4) is 5.75 Å². The van der Waals surface area contributed by atoms with E-state index in [9.17, 15) is 0 Å². The molecule has 0 radical (unpaired) electrons. The van der Waals surface area contributed by atoms with Gasteiger partial charge in [0.2, 0.25) is 0 Å². The first kappa shape index (κ1) is 13.1. The number of para-hydroxylation sites is 1. The van der Waals surface area contributed by atoms with Crippen LogP contribution in [0.15, 0.2) is 29.6 Å². The van der Waals surface area contributed by atoms with Gasteiger partial charge >= 0.3 is 0 Å². The van der Waals surface area contributed by atoms with Gasteiger partial charge in [0.25, 0.3) is 0 Å². The molecule has 0 saturated carbocycles. The number of aromatic nitrogens is 1. The first-order valence-electron chi connectivity index (χ1n) is 6.11. The highest BCUT2D eigenvalue weighted by Crippen LogP contribution is 2.17. The lowest BCUT2D eigenvalue weighted by molar-refractivity contribution is 0.319. The molecular weight excluding hydrogens is 244 g/mol. The monoisotopic (exact) mass is 262 g/mol. The second-order valence-corrected chi connectivity index (χ2v) is 5.08. The number of hydrogen-bond acceptors (Lipinski definition) is 4. The lowest BCUT2D eigenvalue weighted by Crippen LogP contribution is -2.04. The Labute approximate surface area is 112 Å². The van der Waals surface area contributed by atoms with Crippen LogP contribution in [0.2, 0.25) is 0 Å². The smallest absolute Gasteiger partial charge is 0.122 e. The number of thiazole rings is 1. The molecule has 0 aliphatic rings. The van der Waals surface area contributed by atoms with Crippen LogP contribution >= 0.6 is 11.3 Å². The molecule has 0 spiro atoms.